The number of anilines is 1. The van der Waals surface area contributed by atoms with Gasteiger partial charge in [-0.25, -0.2) is 13.6 Å². The lowest BCUT2D eigenvalue weighted by Crippen LogP contribution is -2.11. The fraction of sp³-hybridized carbons (Fsp3) is 0.300. The summed E-state index contributed by atoms with van der Waals surface area (Å²) < 4.78 is 26.2. The van der Waals surface area contributed by atoms with Gasteiger partial charge in [0, 0.05) is 12.6 Å². The molecule has 88 valence electrons. The van der Waals surface area contributed by atoms with Crippen molar-refractivity contribution in [2.75, 3.05) is 18.4 Å². The number of rotatable bonds is 5. The zero-order valence-corrected chi connectivity index (χ0v) is 8.46. The molecule has 1 aromatic carbocycles. The van der Waals surface area contributed by atoms with Crippen molar-refractivity contribution < 1.29 is 18.7 Å². The molecule has 0 heterocycles. The Morgan fingerprint density at radius 1 is 1.38 bits per heavy atom. The highest BCUT2D eigenvalue weighted by atomic mass is 19.1. The molecule has 1 rings (SSSR count). The van der Waals surface area contributed by atoms with Crippen LogP contribution in [0.25, 0.3) is 0 Å². The van der Waals surface area contributed by atoms with Crippen LogP contribution in [0, 0.1) is 11.6 Å². The summed E-state index contributed by atoms with van der Waals surface area (Å²) in [5.41, 5.74) is 4.65. The predicted octanol–water partition coefficient (Wildman–Crippen LogP) is 1.42. The molecule has 0 amide bonds. The van der Waals surface area contributed by atoms with Gasteiger partial charge in [-0.05, 0) is 19.0 Å². The summed E-state index contributed by atoms with van der Waals surface area (Å²) in [6.07, 6.45) is 0.610. The van der Waals surface area contributed by atoms with Gasteiger partial charge in [0.1, 0.15) is 11.6 Å². The van der Waals surface area contributed by atoms with Crippen LogP contribution < -0.4 is 11.1 Å². The topological polar surface area (TPSA) is 75.3 Å². The molecule has 0 saturated carbocycles. The Balaban J connectivity index is 2.91. The molecule has 0 bridgehead atoms. The van der Waals surface area contributed by atoms with Gasteiger partial charge in [0.15, 0.2) is 0 Å². The van der Waals surface area contributed by atoms with E-state index in [0.29, 0.717) is 25.6 Å². The van der Waals surface area contributed by atoms with Crippen molar-refractivity contribution in [2.24, 2.45) is 5.73 Å². The van der Waals surface area contributed by atoms with Gasteiger partial charge >= 0.3 is 5.97 Å². The van der Waals surface area contributed by atoms with Crippen LogP contribution in [-0.2, 0) is 0 Å². The summed E-state index contributed by atoms with van der Waals surface area (Å²) in [5.74, 6) is -3.34. The smallest absolute Gasteiger partial charge is 0.338 e. The van der Waals surface area contributed by atoms with Crippen LogP contribution in [-0.4, -0.2) is 24.2 Å². The number of hydrogen-bond acceptors (Lipinski definition) is 3. The predicted molar refractivity (Wildman–Crippen MR) is 55.5 cm³/mol. The summed E-state index contributed by atoms with van der Waals surface area (Å²) in [7, 11) is 0. The Bertz CT molecular complexity index is 397. The Hall–Kier alpha value is -1.69. The molecule has 0 aliphatic carbocycles. The van der Waals surface area contributed by atoms with E-state index in [2.05, 4.69) is 5.32 Å². The SMILES string of the molecule is NCCCNc1cc(C(=O)O)c(F)cc1F. The van der Waals surface area contributed by atoms with Gasteiger partial charge in [-0.1, -0.05) is 0 Å². The standard InChI is InChI=1S/C10H12F2N2O2/c11-7-5-8(12)9(14-3-1-2-13)4-6(7)10(15)16/h4-5,14H,1-3,13H2,(H,15,16). The van der Waals surface area contributed by atoms with Gasteiger partial charge < -0.3 is 16.2 Å². The first-order chi connectivity index (χ1) is 7.56. The number of carboxylic acids is 1. The molecule has 6 heteroatoms. The molecule has 0 unspecified atom stereocenters. The maximum absolute atomic E-state index is 13.2. The van der Waals surface area contributed by atoms with Gasteiger partial charge in [0.05, 0.1) is 11.3 Å². The first-order valence-corrected chi connectivity index (χ1v) is 4.72. The van der Waals surface area contributed by atoms with Crippen molar-refractivity contribution in [2.45, 2.75) is 6.42 Å². The quantitative estimate of drug-likeness (QED) is 0.669. The maximum atomic E-state index is 13.2. The highest BCUT2D eigenvalue weighted by Crippen LogP contribution is 2.19. The Morgan fingerprint density at radius 3 is 2.62 bits per heavy atom. The maximum Gasteiger partial charge on any atom is 0.338 e. The van der Waals surface area contributed by atoms with Crippen LogP contribution in [0.3, 0.4) is 0 Å². The number of benzene rings is 1. The molecule has 4 N–H and O–H groups in total. The van der Waals surface area contributed by atoms with Crippen molar-refractivity contribution >= 4 is 11.7 Å². The van der Waals surface area contributed by atoms with Crippen molar-refractivity contribution in [3.8, 4) is 0 Å². The first kappa shape index (κ1) is 12.4. The summed E-state index contributed by atoms with van der Waals surface area (Å²) in [6.45, 7) is 0.833. The third-order valence-corrected chi connectivity index (χ3v) is 1.98. The summed E-state index contributed by atoms with van der Waals surface area (Å²) >= 11 is 0. The number of halogens is 2. The fourth-order valence-electron chi connectivity index (χ4n) is 1.17. The zero-order valence-electron chi connectivity index (χ0n) is 8.46. The zero-order chi connectivity index (χ0) is 12.1. The number of hydrogen-bond donors (Lipinski definition) is 3. The molecule has 0 aliphatic heterocycles. The minimum atomic E-state index is -1.43. The largest absolute Gasteiger partial charge is 0.478 e. The molecule has 0 saturated heterocycles. The number of nitrogens with two attached hydrogens (primary N) is 1. The van der Waals surface area contributed by atoms with E-state index in [0.717, 1.165) is 6.07 Å². The number of carboxylic acid groups (broad SMARTS) is 1. The van der Waals surface area contributed by atoms with Crippen LogP contribution >= 0.6 is 0 Å². The molecule has 0 fully saturated rings. The average molecular weight is 230 g/mol. The van der Waals surface area contributed by atoms with Crippen molar-refractivity contribution in [3.05, 3.63) is 29.3 Å². The van der Waals surface area contributed by atoms with Crippen LogP contribution in [0.2, 0.25) is 0 Å². The normalized spacial score (nSPS) is 10.2. The number of carbonyl (C=O) groups is 1. The molecule has 0 atom stereocenters. The third-order valence-electron chi connectivity index (χ3n) is 1.98. The molecular formula is C10H12F2N2O2. The minimum Gasteiger partial charge on any atom is -0.478 e. The summed E-state index contributed by atoms with van der Waals surface area (Å²) in [5, 5.41) is 11.3. The highest BCUT2D eigenvalue weighted by Gasteiger charge is 2.14. The summed E-state index contributed by atoms with van der Waals surface area (Å²) in [4.78, 5) is 10.6. The third kappa shape index (κ3) is 2.90. The lowest BCUT2D eigenvalue weighted by atomic mass is 10.1. The van der Waals surface area contributed by atoms with Crippen molar-refractivity contribution in [3.63, 3.8) is 0 Å². The monoisotopic (exact) mass is 230 g/mol. The van der Waals surface area contributed by atoms with Crippen LogP contribution in [0.4, 0.5) is 14.5 Å². The highest BCUT2D eigenvalue weighted by molar-refractivity contribution is 5.89. The van der Waals surface area contributed by atoms with Gasteiger partial charge in [-0.2, -0.15) is 0 Å². The van der Waals surface area contributed by atoms with E-state index in [4.69, 9.17) is 10.8 Å². The average Bonchev–Trinajstić information content (AvgIpc) is 2.21. The fourth-order valence-corrected chi connectivity index (χ4v) is 1.17. The second-order valence-electron chi connectivity index (χ2n) is 3.19. The molecule has 16 heavy (non-hydrogen) atoms. The van der Waals surface area contributed by atoms with E-state index in [1.165, 1.54) is 0 Å². The van der Waals surface area contributed by atoms with Crippen molar-refractivity contribution in [1.29, 1.82) is 0 Å². The first-order valence-electron chi connectivity index (χ1n) is 4.72. The Morgan fingerprint density at radius 2 is 2.06 bits per heavy atom. The van der Waals surface area contributed by atoms with Crippen molar-refractivity contribution in [1.82, 2.24) is 0 Å². The lowest BCUT2D eigenvalue weighted by Gasteiger charge is -2.08. The molecule has 0 radical (unpaired) electrons. The second kappa shape index (κ2) is 5.41. The van der Waals surface area contributed by atoms with Gasteiger partial charge in [-0.15, -0.1) is 0 Å². The Kier molecular flexibility index (Phi) is 4.19. The number of aromatic carboxylic acids is 1. The van der Waals surface area contributed by atoms with Crippen LogP contribution in [0.1, 0.15) is 16.8 Å². The molecule has 4 nitrogen and oxygen atoms in total. The summed E-state index contributed by atoms with van der Waals surface area (Å²) in [6, 6.07) is 1.48. The van der Waals surface area contributed by atoms with Crippen LogP contribution in [0.5, 0.6) is 0 Å². The minimum absolute atomic E-state index is 0.0350. The molecule has 1 aromatic rings. The van der Waals surface area contributed by atoms with E-state index in [1.807, 2.05) is 0 Å². The number of nitrogens with one attached hydrogen (secondary N) is 1. The molecule has 0 aliphatic rings. The van der Waals surface area contributed by atoms with E-state index in [1.54, 1.807) is 0 Å². The van der Waals surface area contributed by atoms with Gasteiger partial charge in [0.25, 0.3) is 0 Å². The van der Waals surface area contributed by atoms with E-state index >= 15 is 0 Å². The molecular weight excluding hydrogens is 218 g/mol. The lowest BCUT2D eigenvalue weighted by molar-refractivity contribution is 0.0692. The van der Waals surface area contributed by atoms with Gasteiger partial charge in [-0.3, -0.25) is 0 Å². The van der Waals surface area contributed by atoms with Gasteiger partial charge in [0.2, 0.25) is 0 Å². The van der Waals surface area contributed by atoms with E-state index in [9.17, 15) is 13.6 Å². The second-order valence-corrected chi connectivity index (χ2v) is 3.19. The van der Waals surface area contributed by atoms with E-state index in [-0.39, 0.29) is 5.69 Å². The Labute approximate surface area is 91.1 Å². The van der Waals surface area contributed by atoms with Crippen LogP contribution in [0.15, 0.2) is 12.1 Å². The molecule has 0 spiro atoms. The molecule has 0 aromatic heterocycles. The van der Waals surface area contributed by atoms with E-state index < -0.39 is 23.2 Å².